The first-order valence-corrected chi connectivity index (χ1v) is 40.1. The molecule has 81 heavy (non-hydrogen) atoms. The molecule has 0 unspecified atom stereocenters. The molecule has 0 radical (unpaired) electrons. The molecule has 0 bridgehead atoms. The molecular weight excluding hydrogens is 975 g/mol. The lowest BCUT2D eigenvalue weighted by atomic mass is 9.89. The van der Waals surface area contributed by atoms with Crippen LogP contribution in [0.2, 0.25) is 0 Å². The summed E-state index contributed by atoms with van der Waals surface area (Å²) in [6.45, 7) is 9.47. The molecule has 0 aromatic carbocycles. The highest BCUT2D eigenvalue weighted by molar-refractivity contribution is 4.63. The largest absolute Gasteiger partial charge is 0.317 e. The highest BCUT2D eigenvalue weighted by Crippen LogP contribution is 2.26. The maximum atomic E-state index is 3.74. The summed E-state index contributed by atoms with van der Waals surface area (Å²) in [5, 5.41) is 3.74. The zero-order valence-electron chi connectivity index (χ0n) is 57.8. The van der Waals surface area contributed by atoms with E-state index in [1.165, 1.54) is 488 Å². The summed E-state index contributed by atoms with van der Waals surface area (Å²) in [7, 11) is 0. The maximum Gasteiger partial charge on any atom is -0.00489 e. The Kier molecular flexibility index (Phi) is 77.9. The van der Waals surface area contributed by atoms with Crippen molar-refractivity contribution in [1.29, 1.82) is 0 Å². The van der Waals surface area contributed by atoms with Crippen LogP contribution in [-0.4, -0.2) is 13.1 Å². The molecule has 0 aliphatic carbocycles. The van der Waals surface area contributed by atoms with Crippen LogP contribution in [0.5, 0.6) is 0 Å². The molecule has 0 aliphatic rings. The zero-order valence-corrected chi connectivity index (χ0v) is 57.8. The fourth-order valence-corrected chi connectivity index (χ4v) is 13.7. The molecule has 0 atom stereocenters. The molecule has 0 heterocycles. The molecule has 0 rings (SSSR count). The molecule has 1 N–H and O–H groups in total. The third-order valence-corrected chi connectivity index (χ3v) is 19.6. The summed E-state index contributed by atoms with van der Waals surface area (Å²) in [5.74, 6) is 1.03. The van der Waals surface area contributed by atoms with E-state index in [1.54, 1.807) is 0 Å². The number of nitrogens with one attached hydrogen (secondary N) is 1. The average Bonchev–Trinajstić information content (AvgIpc) is 3.47. The van der Waals surface area contributed by atoms with Crippen molar-refractivity contribution in [2.24, 2.45) is 5.92 Å². The van der Waals surface area contributed by atoms with Crippen LogP contribution in [-0.2, 0) is 0 Å². The minimum Gasteiger partial charge on any atom is -0.317 e. The van der Waals surface area contributed by atoms with Crippen molar-refractivity contribution in [2.75, 3.05) is 13.1 Å². The third kappa shape index (κ3) is 76.0. The van der Waals surface area contributed by atoms with Gasteiger partial charge in [0.15, 0.2) is 0 Å². The van der Waals surface area contributed by atoms with Crippen molar-refractivity contribution in [3.63, 3.8) is 0 Å². The van der Waals surface area contributed by atoms with E-state index in [2.05, 4.69) is 26.1 Å². The van der Waals surface area contributed by atoms with Crippen molar-refractivity contribution in [2.45, 2.75) is 496 Å². The maximum absolute atomic E-state index is 3.74. The predicted octanol–water partition coefficient (Wildman–Crippen LogP) is 30.1. The number of rotatable bonds is 77. The van der Waals surface area contributed by atoms with Crippen LogP contribution in [0, 0.1) is 5.92 Å². The van der Waals surface area contributed by atoms with E-state index in [0.717, 1.165) is 5.92 Å². The van der Waals surface area contributed by atoms with Crippen molar-refractivity contribution in [3.05, 3.63) is 0 Å². The van der Waals surface area contributed by atoms with Crippen LogP contribution in [0.15, 0.2) is 0 Å². The lowest BCUT2D eigenvalue weighted by Gasteiger charge is -2.17. The molecule has 0 aromatic heterocycles. The quantitative estimate of drug-likeness (QED) is 0.0599. The minimum absolute atomic E-state index is 1.03. The summed E-state index contributed by atoms with van der Waals surface area (Å²) < 4.78 is 0. The predicted molar refractivity (Wildman–Crippen MR) is 375 cm³/mol. The Morgan fingerprint density at radius 1 is 0.136 bits per heavy atom. The Balaban J connectivity index is 3.70. The Bertz CT molecular complexity index is 983. The Labute approximate surface area is 517 Å². The fourth-order valence-electron chi connectivity index (χ4n) is 13.7. The zero-order chi connectivity index (χ0) is 58.0. The first-order chi connectivity index (χ1) is 40.3. The SMILES string of the molecule is CCCCCCCCCCCCCCCCCCCCCCNCCCCCCCCCCCCCCCCCCCCCC(CCCCCCCCCCCCCCCCCC)CCCCCCCCCCCCCCCCCC. The second kappa shape index (κ2) is 78.0. The molecule has 0 aromatic rings. The van der Waals surface area contributed by atoms with Crippen LogP contribution in [0.4, 0.5) is 0 Å². The van der Waals surface area contributed by atoms with Crippen molar-refractivity contribution >= 4 is 0 Å². The van der Waals surface area contributed by atoms with Gasteiger partial charge in [-0.05, 0) is 31.8 Å². The van der Waals surface area contributed by atoms with Crippen molar-refractivity contribution in [1.82, 2.24) is 5.32 Å². The van der Waals surface area contributed by atoms with Crippen LogP contribution in [0.1, 0.15) is 496 Å². The van der Waals surface area contributed by atoms with E-state index < -0.39 is 0 Å². The van der Waals surface area contributed by atoms with Gasteiger partial charge in [0.2, 0.25) is 0 Å². The number of unbranched alkanes of at least 4 members (excludes halogenated alkanes) is 67. The molecule has 0 fully saturated rings. The van der Waals surface area contributed by atoms with Crippen LogP contribution in [0.3, 0.4) is 0 Å². The summed E-state index contributed by atoms with van der Waals surface area (Å²) in [5.41, 5.74) is 0. The highest BCUT2D eigenvalue weighted by atomic mass is 14.8. The fraction of sp³-hybridized carbons (Fsp3) is 1.00. The van der Waals surface area contributed by atoms with Crippen molar-refractivity contribution < 1.29 is 0 Å². The second-order valence-electron chi connectivity index (χ2n) is 28.0. The second-order valence-corrected chi connectivity index (χ2v) is 28.0. The van der Waals surface area contributed by atoms with Crippen molar-refractivity contribution in [3.8, 4) is 0 Å². The first kappa shape index (κ1) is 81.0. The monoisotopic (exact) mass is 1140 g/mol. The summed E-state index contributed by atoms with van der Waals surface area (Å²) >= 11 is 0. The van der Waals surface area contributed by atoms with Gasteiger partial charge in [0.1, 0.15) is 0 Å². The number of hydrogen-bond acceptors (Lipinski definition) is 1. The third-order valence-electron chi connectivity index (χ3n) is 19.6. The Hall–Kier alpha value is -0.0400. The van der Waals surface area contributed by atoms with Gasteiger partial charge in [-0.25, -0.2) is 0 Å². The molecule has 0 aliphatic heterocycles. The summed E-state index contributed by atoms with van der Waals surface area (Å²) in [4.78, 5) is 0. The van der Waals surface area contributed by atoms with E-state index in [9.17, 15) is 0 Å². The van der Waals surface area contributed by atoms with Gasteiger partial charge in [-0.3, -0.25) is 0 Å². The van der Waals surface area contributed by atoms with Gasteiger partial charge in [-0.15, -0.1) is 0 Å². The molecule has 1 nitrogen and oxygen atoms in total. The average molecular weight is 1140 g/mol. The van der Waals surface area contributed by atoms with E-state index in [0.29, 0.717) is 0 Å². The van der Waals surface area contributed by atoms with E-state index in [4.69, 9.17) is 0 Å². The highest BCUT2D eigenvalue weighted by Gasteiger charge is 2.09. The van der Waals surface area contributed by atoms with Gasteiger partial charge in [0, 0.05) is 0 Å². The minimum atomic E-state index is 1.03. The van der Waals surface area contributed by atoms with Gasteiger partial charge in [-0.1, -0.05) is 483 Å². The molecule has 1 heteroatoms. The molecule has 0 spiro atoms. The van der Waals surface area contributed by atoms with E-state index in [-0.39, 0.29) is 0 Å². The van der Waals surface area contributed by atoms with Crippen LogP contribution in [0.25, 0.3) is 0 Å². The lowest BCUT2D eigenvalue weighted by Crippen LogP contribution is -2.16. The topological polar surface area (TPSA) is 12.0 Å². The van der Waals surface area contributed by atoms with Crippen LogP contribution < -0.4 is 5.32 Å². The van der Waals surface area contributed by atoms with Gasteiger partial charge < -0.3 is 5.32 Å². The summed E-state index contributed by atoms with van der Waals surface area (Å²) in [6, 6.07) is 0. The first-order valence-electron chi connectivity index (χ1n) is 40.1. The molecule has 0 saturated heterocycles. The lowest BCUT2D eigenvalue weighted by molar-refractivity contribution is 0.365. The normalized spacial score (nSPS) is 11.9. The Morgan fingerprint density at radius 2 is 0.247 bits per heavy atom. The molecular formula is C80H163N. The smallest absolute Gasteiger partial charge is 0.00489 e. The van der Waals surface area contributed by atoms with Gasteiger partial charge in [0.05, 0.1) is 0 Å². The van der Waals surface area contributed by atoms with E-state index in [1.807, 2.05) is 0 Å². The molecule has 488 valence electrons. The van der Waals surface area contributed by atoms with Gasteiger partial charge >= 0.3 is 0 Å². The molecule has 0 saturated carbocycles. The van der Waals surface area contributed by atoms with Gasteiger partial charge in [-0.2, -0.15) is 0 Å². The Morgan fingerprint density at radius 3 is 0.383 bits per heavy atom. The standard InChI is InChI=1S/C80H163N/c1-4-7-10-13-16-19-22-25-28-31-32-35-38-43-48-53-58-63-68-73-78-81-79-74-69-64-59-54-49-44-39-36-33-34-37-42-47-52-57-62-67-72-77-80(75-70-65-60-55-50-45-40-29-26-23-20-17-14-11-8-5-2)76-71-66-61-56-51-46-41-30-27-24-21-18-15-12-9-6-3/h80-81H,4-79H2,1-3H3. The van der Waals surface area contributed by atoms with Crippen LogP contribution >= 0.6 is 0 Å². The van der Waals surface area contributed by atoms with E-state index >= 15 is 0 Å². The molecule has 0 amide bonds. The summed E-state index contributed by atoms with van der Waals surface area (Å²) in [6.07, 6.45) is 110. The van der Waals surface area contributed by atoms with Gasteiger partial charge in [0.25, 0.3) is 0 Å². The number of hydrogen-bond donors (Lipinski definition) is 1.